The molecule has 0 saturated heterocycles. The zero-order valence-electron chi connectivity index (χ0n) is 20.6. The molecule has 0 bridgehead atoms. The summed E-state index contributed by atoms with van der Waals surface area (Å²) in [5.41, 5.74) is 0.626. The van der Waals surface area contributed by atoms with Gasteiger partial charge in [0.1, 0.15) is 0 Å². The average Bonchev–Trinajstić information content (AvgIpc) is 3.04. The van der Waals surface area contributed by atoms with Crippen molar-refractivity contribution in [3.05, 3.63) is 0 Å². The molecule has 0 radical (unpaired) electrons. The number of fused-ring (bicyclic) bond motifs is 5. The second kappa shape index (κ2) is 8.36. The molecule has 0 aromatic rings. The summed E-state index contributed by atoms with van der Waals surface area (Å²) in [5, 5.41) is 20.0. The first-order chi connectivity index (χ1) is 14.1. The maximum absolute atomic E-state index is 10.7. The molecule has 10 atom stereocenters. The molecule has 0 spiro atoms. The van der Waals surface area contributed by atoms with Gasteiger partial charge in [0.2, 0.25) is 0 Å². The molecule has 0 aliphatic heterocycles. The van der Waals surface area contributed by atoms with Crippen molar-refractivity contribution in [3.63, 3.8) is 0 Å². The standard InChI is InChI=1S/C28H50O2/c1-19(13-17-29)6-7-20(2)23-10-11-24-22-9-8-21-18-26(3,30)15-16-27(21,4)25(22)12-14-28(23,24)5/h19-25,29-30H,6-18H2,1-5H3/t19-,20+,21-,22-,23+,24-,25-,26-,27-,28+/m0/s1. The molecule has 0 heterocycles. The number of aliphatic hydroxyl groups excluding tert-OH is 1. The van der Waals surface area contributed by atoms with Gasteiger partial charge in [0.15, 0.2) is 0 Å². The van der Waals surface area contributed by atoms with Gasteiger partial charge in [-0.3, -0.25) is 0 Å². The Hall–Kier alpha value is -0.0800. The highest BCUT2D eigenvalue weighted by Gasteiger charge is 2.61. The van der Waals surface area contributed by atoms with Crippen molar-refractivity contribution >= 4 is 0 Å². The summed E-state index contributed by atoms with van der Waals surface area (Å²) >= 11 is 0. The van der Waals surface area contributed by atoms with E-state index < -0.39 is 5.60 Å². The van der Waals surface area contributed by atoms with Gasteiger partial charge in [0.25, 0.3) is 0 Å². The molecule has 4 aliphatic carbocycles. The molecule has 4 saturated carbocycles. The van der Waals surface area contributed by atoms with Crippen molar-refractivity contribution in [2.24, 2.45) is 52.3 Å². The Balaban J connectivity index is 1.45. The highest BCUT2D eigenvalue weighted by atomic mass is 16.3. The van der Waals surface area contributed by atoms with Crippen molar-refractivity contribution < 1.29 is 10.2 Å². The third-order valence-corrected chi connectivity index (χ3v) is 11.5. The Bertz CT molecular complexity index is 599. The zero-order valence-corrected chi connectivity index (χ0v) is 20.6. The second-order valence-corrected chi connectivity index (χ2v) is 13.3. The Kier molecular flexibility index (Phi) is 6.44. The molecule has 4 fully saturated rings. The van der Waals surface area contributed by atoms with Crippen LogP contribution in [0.2, 0.25) is 0 Å². The maximum Gasteiger partial charge on any atom is 0.0622 e. The van der Waals surface area contributed by atoms with Crippen LogP contribution in [0.15, 0.2) is 0 Å². The van der Waals surface area contributed by atoms with E-state index in [1.165, 1.54) is 57.8 Å². The largest absolute Gasteiger partial charge is 0.396 e. The summed E-state index contributed by atoms with van der Waals surface area (Å²) in [6.45, 7) is 12.6. The minimum atomic E-state index is -0.415. The van der Waals surface area contributed by atoms with Crippen LogP contribution in [0, 0.1) is 52.3 Å². The fraction of sp³-hybridized carbons (Fsp3) is 1.00. The van der Waals surface area contributed by atoms with E-state index in [4.69, 9.17) is 0 Å². The molecular weight excluding hydrogens is 368 g/mol. The molecule has 0 unspecified atom stereocenters. The SMILES string of the molecule is C[C@H](CCO)CC[C@@H](C)[C@H]1CC[C@H]2[C@@H]3CC[C@H]4C[C@@](C)(O)CC[C@]4(C)[C@H]3CC[C@]12C. The molecule has 0 aromatic heterocycles. The predicted molar refractivity (Wildman–Crippen MR) is 125 cm³/mol. The molecular formula is C28H50O2. The number of aliphatic hydroxyl groups is 2. The van der Waals surface area contributed by atoms with E-state index in [0.29, 0.717) is 23.4 Å². The van der Waals surface area contributed by atoms with E-state index in [1.807, 2.05) is 0 Å². The van der Waals surface area contributed by atoms with Crippen LogP contribution in [0.4, 0.5) is 0 Å². The molecule has 4 rings (SSSR count). The lowest BCUT2D eigenvalue weighted by Gasteiger charge is -2.62. The molecule has 4 aliphatic rings. The molecule has 2 N–H and O–H groups in total. The lowest BCUT2D eigenvalue weighted by molar-refractivity contribution is -0.148. The summed E-state index contributed by atoms with van der Waals surface area (Å²) < 4.78 is 0. The molecule has 2 heteroatoms. The van der Waals surface area contributed by atoms with Gasteiger partial charge in [0.05, 0.1) is 5.60 Å². The quantitative estimate of drug-likeness (QED) is 0.496. The van der Waals surface area contributed by atoms with E-state index in [1.54, 1.807) is 0 Å². The highest BCUT2D eigenvalue weighted by Crippen LogP contribution is 2.68. The fourth-order valence-electron chi connectivity index (χ4n) is 9.52. The lowest BCUT2D eigenvalue weighted by atomic mass is 9.43. The van der Waals surface area contributed by atoms with Crippen LogP contribution in [0.3, 0.4) is 0 Å². The van der Waals surface area contributed by atoms with Gasteiger partial charge in [-0.1, -0.05) is 40.5 Å². The van der Waals surface area contributed by atoms with Crippen LogP contribution < -0.4 is 0 Å². The minimum Gasteiger partial charge on any atom is -0.396 e. The Morgan fingerprint density at radius 1 is 0.800 bits per heavy atom. The molecule has 2 nitrogen and oxygen atoms in total. The number of rotatable bonds is 6. The van der Waals surface area contributed by atoms with Gasteiger partial charge in [-0.25, -0.2) is 0 Å². The van der Waals surface area contributed by atoms with Gasteiger partial charge in [0, 0.05) is 6.61 Å². The normalized spacial score (nSPS) is 50.3. The van der Waals surface area contributed by atoms with Crippen LogP contribution >= 0.6 is 0 Å². The maximum atomic E-state index is 10.7. The number of hydrogen-bond donors (Lipinski definition) is 2. The van der Waals surface area contributed by atoms with E-state index in [2.05, 4.69) is 34.6 Å². The first kappa shape index (κ1) is 23.1. The topological polar surface area (TPSA) is 40.5 Å². The third kappa shape index (κ3) is 3.91. The summed E-state index contributed by atoms with van der Waals surface area (Å²) in [4.78, 5) is 0. The summed E-state index contributed by atoms with van der Waals surface area (Å²) in [6.07, 6.45) is 15.5. The van der Waals surface area contributed by atoms with Crippen molar-refractivity contribution in [3.8, 4) is 0 Å². The van der Waals surface area contributed by atoms with Crippen LogP contribution in [-0.4, -0.2) is 22.4 Å². The van der Waals surface area contributed by atoms with Crippen molar-refractivity contribution in [2.45, 2.75) is 117 Å². The fourth-order valence-corrected chi connectivity index (χ4v) is 9.52. The zero-order chi connectivity index (χ0) is 21.7. The predicted octanol–water partition coefficient (Wildman–Crippen LogP) is 6.83. The number of hydrogen-bond acceptors (Lipinski definition) is 2. The van der Waals surface area contributed by atoms with E-state index in [0.717, 1.165) is 54.8 Å². The summed E-state index contributed by atoms with van der Waals surface area (Å²) in [6, 6.07) is 0. The lowest BCUT2D eigenvalue weighted by Crippen LogP contribution is -2.55. The van der Waals surface area contributed by atoms with Gasteiger partial charge in [-0.15, -0.1) is 0 Å². The van der Waals surface area contributed by atoms with E-state index >= 15 is 0 Å². The Labute approximate surface area is 186 Å². The second-order valence-electron chi connectivity index (χ2n) is 13.3. The van der Waals surface area contributed by atoms with Gasteiger partial charge >= 0.3 is 0 Å². The first-order valence-corrected chi connectivity index (χ1v) is 13.4. The summed E-state index contributed by atoms with van der Waals surface area (Å²) in [5.74, 6) is 5.94. The van der Waals surface area contributed by atoms with Crippen molar-refractivity contribution in [1.82, 2.24) is 0 Å². The molecule has 0 amide bonds. The highest BCUT2D eigenvalue weighted by molar-refractivity contribution is 5.10. The molecule has 30 heavy (non-hydrogen) atoms. The van der Waals surface area contributed by atoms with E-state index in [-0.39, 0.29) is 0 Å². The smallest absolute Gasteiger partial charge is 0.0622 e. The van der Waals surface area contributed by atoms with Gasteiger partial charge in [-0.2, -0.15) is 0 Å². The monoisotopic (exact) mass is 418 g/mol. The van der Waals surface area contributed by atoms with E-state index in [9.17, 15) is 10.2 Å². The third-order valence-electron chi connectivity index (χ3n) is 11.5. The first-order valence-electron chi connectivity index (χ1n) is 13.4. The average molecular weight is 419 g/mol. The van der Waals surface area contributed by atoms with Gasteiger partial charge in [-0.05, 0) is 123 Å². The van der Waals surface area contributed by atoms with Gasteiger partial charge < -0.3 is 10.2 Å². The van der Waals surface area contributed by atoms with Crippen LogP contribution in [-0.2, 0) is 0 Å². The minimum absolute atomic E-state index is 0.344. The molecule has 0 aromatic carbocycles. The van der Waals surface area contributed by atoms with Crippen molar-refractivity contribution in [1.29, 1.82) is 0 Å². The molecule has 174 valence electrons. The summed E-state index contributed by atoms with van der Waals surface area (Å²) in [7, 11) is 0. The Morgan fingerprint density at radius 2 is 1.53 bits per heavy atom. The van der Waals surface area contributed by atoms with Crippen LogP contribution in [0.25, 0.3) is 0 Å². The van der Waals surface area contributed by atoms with Crippen molar-refractivity contribution in [2.75, 3.05) is 6.61 Å². The van der Waals surface area contributed by atoms with Crippen LogP contribution in [0.5, 0.6) is 0 Å². The van der Waals surface area contributed by atoms with Crippen LogP contribution in [0.1, 0.15) is 112 Å². The Morgan fingerprint density at radius 3 is 2.27 bits per heavy atom.